The number of aliphatic carboxylic acids is 1. The highest BCUT2D eigenvalue weighted by Crippen LogP contribution is 2.29. The number of carbonyl (C=O) groups is 1. The molecular weight excluding hydrogens is 246 g/mol. The van der Waals surface area contributed by atoms with Gasteiger partial charge in [-0.15, -0.1) is 11.3 Å². The zero-order chi connectivity index (χ0) is 12.5. The molecule has 0 aliphatic carbocycles. The maximum Gasteiger partial charge on any atom is 0.374 e. The second kappa shape index (κ2) is 4.41. The highest BCUT2D eigenvalue weighted by Gasteiger charge is 2.38. The molecule has 0 aliphatic heterocycles. The van der Waals surface area contributed by atoms with Crippen LogP contribution in [0.1, 0.15) is 12.0 Å². The first kappa shape index (κ1) is 12.0. The SMILES string of the molecule is O=C(O)C(F)(F)CCc1csc2ccccc12. The number of fused-ring (bicyclic) bond motifs is 1. The molecule has 1 aromatic heterocycles. The number of benzene rings is 1. The van der Waals surface area contributed by atoms with E-state index in [4.69, 9.17) is 5.11 Å². The van der Waals surface area contributed by atoms with Crippen molar-refractivity contribution in [2.75, 3.05) is 0 Å². The molecule has 90 valence electrons. The molecule has 1 N–H and O–H groups in total. The first-order valence-corrected chi connectivity index (χ1v) is 5.95. The van der Waals surface area contributed by atoms with Gasteiger partial charge in [0.15, 0.2) is 0 Å². The van der Waals surface area contributed by atoms with Gasteiger partial charge in [-0.25, -0.2) is 4.79 Å². The van der Waals surface area contributed by atoms with Crippen molar-refractivity contribution in [3.63, 3.8) is 0 Å². The fourth-order valence-corrected chi connectivity index (χ4v) is 2.62. The van der Waals surface area contributed by atoms with E-state index in [0.717, 1.165) is 15.6 Å². The summed E-state index contributed by atoms with van der Waals surface area (Å²) in [5.41, 5.74) is 0.784. The van der Waals surface area contributed by atoms with E-state index in [-0.39, 0.29) is 6.42 Å². The van der Waals surface area contributed by atoms with E-state index in [1.165, 1.54) is 11.3 Å². The maximum absolute atomic E-state index is 12.9. The van der Waals surface area contributed by atoms with E-state index in [9.17, 15) is 13.6 Å². The van der Waals surface area contributed by atoms with Crippen LogP contribution in [0.4, 0.5) is 8.78 Å². The standard InChI is InChI=1S/C12H10F2O2S/c13-12(14,11(15)16)6-5-8-7-17-10-4-2-1-3-9(8)10/h1-4,7H,5-6H2,(H,15,16). The number of carboxylic acids is 1. The van der Waals surface area contributed by atoms with E-state index in [1.54, 1.807) is 0 Å². The van der Waals surface area contributed by atoms with Gasteiger partial charge in [0.1, 0.15) is 0 Å². The highest BCUT2D eigenvalue weighted by atomic mass is 32.1. The maximum atomic E-state index is 12.9. The molecule has 2 rings (SSSR count). The van der Waals surface area contributed by atoms with Crippen molar-refractivity contribution in [1.29, 1.82) is 0 Å². The van der Waals surface area contributed by atoms with Crippen LogP contribution >= 0.6 is 11.3 Å². The van der Waals surface area contributed by atoms with Crippen LogP contribution in [0.3, 0.4) is 0 Å². The molecular formula is C12H10F2O2S. The Morgan fingerprint density at radius 2 is 2.06 bits per heavy atom. The van der Waals surface area contributed by atoms with Crippen LogP contribution in [-0.4, -0.2) is 17.0 Å². The van der Waals surface area contributed by atoms with Gasteiger partial charge >= 0.3 is 11.9 Å². The second-order valence-electron chi connectivity index (χ2n) is 3.77. The molecule has 17 heavy (non-hydrogen) atoms. The van der Waals surface area contributed by atoms with E-state index in [1.807, 2.05) is 29.6 Å². The second-order valence-corrected chi connectivity index (χ2v) is 4.68. The number of carboxylic acid groups (broad SMARTS) is 1. The van der Waals surface area contributed by atoms with Crippen LogP contribution in [0.15, 0.2) is 29.6 Å². The van der Waals surface area contributed by atoms with E-state index in [2.05, 4.69) is 0 Å². The summed E-state index contributed by atoms with van der Waals surface area (Å²) in [5.74, 6) is -5.71. The Morgan fingerprint density at radius 3 is 2.76 bits per heavy atom. The molecule has 0 amide bonds. The Hall–Kier alpha value is -1.49. The van der Waals surface area contributed by atoms with Crippen LogP contribution in [-0.2, 0) is 11.2 Å². The third kappa shape index (κ3) is 2.44. The van der Waals surface area contributed by atoms with E-state index < -0.39 is 18.3 Å². The van der Waals surface area contributed by atoms with Gasteiger partial charge < -0.3 is 5.11 Å². The smallest absolute Gasteiger partial charge is 0.374 e. The van der Waals surface area contributed by atoms with Crippen molar-refractivity contribution < 1.29 is 18.7 Å². The lowest BCUT2D eigenvalue weighted by Gasteiger charge is -2.09. The predicted octanol–water partition coefficient (Wildman–Crippen LogP) is 3.55. The third-order valence-electron chi connectivity index (χ3n) is 2.58. The Balaban J connectivity index is 2.17. The molecule has 1 aromatic carbocycles. The number of thiophene rings is 1. The molecule has 0 fully saturated rings. The highest BCUT2D eigenvalue weighted by molar-refractivity contribution is 7.17. The average Bonchev–Trinajstić information content (AvgIpc) is 2.69. The van der Waals surface area contributed by atoms with Crippen molar-refractivity contribution in [3.8, 4) is 0 Å². The molecule has 0 saturated heterocycles. The van der Waals surface area contributed by atoms with Gasteiger partial charge in [0, 0.05) is 11.1 Å². The van der Waals surface area contributed by atoms with E-state index in [0.29, 0.717) is 0 Å². The number of hydrogen-bond donors (Lipinski definition) is 1. The van der Waals surface area contributed by atoms with Crippen molar-refractivity contribution in [2.24, 2.45) is 0 Å². The number of hydrogen-bond acceptors (Lipinski definition) is 2. The van der Waals surface area contributed by atoms with Crippen LogP contribution < -0.4 is 0 Å². The molecule has 0 aliphatic rings. The lowest BCUT2D eigenvalue weighted by atomic mass is 10.1. The summed E-state index contributed by atoms with van der Waals surface area (Å²) in [4.78, 5) is 10.3. The van der Waals surface area contributed by atoms with Gasteiger partial charge in [0.05, 0.1) is 0 Å². The van der Waals surface area contributed by atoms with Crippen molar-refractivity contribution in [3.05, 3.63) is 35.2 Å². The number of rotatable bonds is 4. The van der Waals surface area contributed by atoms with Crippen LogP contribution in [0.25, 0.3) is 10.1 Å². The Morgan fingerprint density at radius 1 is 1.35 bits per heavy atom. The first-order chi connectivity index (χ1) is 8.00. The van der Waals surface area contributed by atoms with E-state index >= 15 is 0 Å². The van der Waals surface area contributed by atoms with Crippen LogP contribution in [0, 0.1) is 0 Å². The first-order valence-electron chi connectivity index (χ1n) is 5.07. The lowest BCUT2D eigenvalue weighted by molar-refractivity contribution is -0.165. The predicted molar refractivity (Wildman–Crippen MR) is 62.7 cm³/mol. The Bertz CT molecular complexity index is 548. The summed E-state index contributed by atoms with van der Waals surface area (Å²) >= 11 is 1.48. The quantitative estimate of drug-likeness (QED) is 0.908. The minimum absolute atomic E-state index is 0.0727. The zero-order valence-corrected chi connectivity index (χ0v) is 9.64. The molecule has 0 unspecified atom stereocenters. The molecule has 1 heterocycles. The van der Waals surface area contributed by atoms with Crippen molar-refractivity contribution in [1.82, 2.24) is 0 Å². The summed E-state index contributed by atoms with van der Waals surface area (Å²) in [6.45, 7) is 0. The number of halogens is 2. The summed E-state index contributed by atoms with van der Waals surface area (Å²) in [7, 11) is 0. The number of alkyl halides is 2. The molecule has 0 saturated carbocycles. The monoisotopic (exact) mass is 256 g/mol. The van der Waals surface area contributed by atoms with Gasteiger partial charge in [0.2, 0.25) is 0 Å². The summed E-state index contributed by atoms with van der Waals surface area (Å²) in [5, 5.41) is 11.1. The molecule has 2 aromatic rings. The van der Waals surface area contributed by atoms with Gasteiger partial charge in [-0.05, 0) is 28.8 Å². The minimum atomic E-state index is -3.65. The zero-order valence-electron chi connectivity index (χ0n) is 8.82. The fourth-order valence-electron chi connectivity index (χ4n) is 1.62. The van der Waals surface area contributed by atoms with Crippen molar-refractivity contribution >= 4 is 27.4 Å². The normalized spacial score (nSPS) is 11.9. The third-order valence-corrected chi connectivity index (χ3v) is 3.59. The molecule has 5 heteroatoms. The molecule has 0 bridgehead atoms. The summed E-state index contributed by atoms with van der Waals surface area (Å²) in [6.07, 6.45) is -0.591. The minimum Gasteiger partial charge on any atom is -0.477 e. The van der Waals surface area contributed by atoms with Gasteiger partial charge in [-0.3, -0.25) is 0 Å². The lowest BCUT2D eigenvalue weighted by Crippen LogP contribution is -2.28. The molecule has 0 radical (unpaired) electrons. The fraction of sp³-hybridized carbons (Fsp3) is 0.250. The summed E-state index contributed by atoms with van der Waals surface area (Å²) < 4.78 is 26.9. The van der Waals surface area contributed by atoms with Gasteiger partial charge in [-0.1, -0.05) is 18.2 Å². The Labute approximate surface area is 101 Å². The molecule has 0 spiro atoms. The van der Waals surface area contributed by atoms with Gasteiger partial charge in [-0.2, -0.15) is 8.78 Å². The summed E-state index contributed by atoms with van der Waals surface area (Å²) in [6, 6.07) is 7.50. The molecule has 2 nitrogen and oxygen atoms in total. The van der Waals surface area contributed by atoms with Crippen LogP contribution in [0.2, 0.25) is 0 Å². The topological polar surface area (TPSA) is 37.3 Å². The van der Waals surface area contributed by atoms with Crippen molar-refractivity contribution in [2.45, 2.75) is 18.8 Å². The van der Waals surface area contributed by atoms with Gasteiger partial charge in [0.25, 0.3) is 0 Å². The molecule has 0 atom stereocenters. The average molecular weight is 256 g/mol. The largest absolute Gasteiger partial charge is 0.477 e. The van der Waals surface area contributed by atoms with Crippen LogP contribution in [0.5, 0.6) is 0 Å². The Kier molecular flexibility index (Phi) is 3.11. The number of aryl methyl sites for hydroxylation is 1.